The molecule has 0 saturated carbocycles. The molecular weight excluding hydrogens is 440 g/mol. The van der Waals surface area contributed by atoms with E-state index in [0.717, 1.165) is 34.4 Å². The van der Waals surface area contributed by atoms with Crippen molar-refractivity contribution in [3.8, 4) is 5.75 Å². The molecule has 0 atom stereocenters. The van der Waals surface area contributed by atoms with E-state index in [4.69, 9.17) is 9.47 Å². The standard InChI is InChI=1S/C25H32N2O5S/c1-25(2,3)32-24(28)26-11-9-19-13-18(5-6-21(19)15-26)17-31-23-8-7-22-16-27(33(4,29)30)12-10-20(22)14-23/h5-8,13-14H,9-12,15-17H2,1-4H3. The molecule has 0 saturated heterocycles. The quantitative estimate of drug-likeness (QED) is 0.675. The summed E-state index contributed by atoms with van der Waals surface area (Å²) < 4.78 is 36.7. The molecule has 178 valence electrons. The Hall–Kier alpha value is -2.58. The second-order valence-electron chi connectivity index (χ2n) is 9.82. The summed E-state index contributed by atoms with van der Waals surface area (Å²) in [7, 11) is -3.18. The molecule has 2 aliphatic rings. The van der Waals surface area contributed by atoms with Gasteiger partial charge in [-0.2, -0.15) is 4.31 Å². The molecule has 8 heteroatoms. The molecule has 0 N–H and O–H groups in total. The average molecular weight is 473 g/mol. The fourth-order valence-electron chi connectivity index (χ4n) is 4.22. The van der Waals surface area contributed by atoms with E-state index in [1.54, 1.807) is 4.90 Å². The van der Waals surface area contributed by atoms with E-state index < -0.39 is 15.6 Å². The average Bonchev–Trinajstić information content (AvgIpc) is 2.75. The molecule has 2 aromatic rings. The van der Waals surface area contributed by atoms with Crippen LogP contribution in [0.15, 0.2) is 36.4 Å². The molecule has 0 spiro atoms. The number of sulfonamides is 1. The number of hydrogen-bond acceptors (Lipinski definition) is 5. The van der Waals surface area contributed by atoms with Gasteiger partial charge in [0.05, 0.1) is 6.26 Å². The van der Waals surface area contributed by atoms with Crippen LogP contribution in [0, 0.1) is 0 Å². The highest BCUT2D eigenvalue weighted by molar-refractivity contribution is 7.88. The molecule has 2 aromatic carbocycles. The first-order valence-corrected chi connectivity index (χ1v) is 13.1. The van der Waals surface area contributed by atoms with Crippen LogP contribution in [0.25, 0.3) is 0 Å². The molecule has 7 nitrogen and oxygen atoms in total. The summed E-state index contributed by atoms with van der Waals surface area (Å²) in [5.41, 5.74) is 5.13. The molecule has 0 bridgehead atoms. The normalized spacial score (nSPS) is 16.7. The molecule has 33 heavy (non-hydrogen) atoms. The van der Waals surface area contributed by atoms with Gasteiger partial charge in [0.15, 0.2) is 0 Å². The zero-order valence-corrected chi connectivity index (χ0v) is 20.6. The van der Waals surface area contributed by atoms with Gasteiger partial charge in [-0.25, -0.2) is 13.2 Å². The minimum Gasteiger partial charge on any atom is -0.489 e. The lowest BCUT2D eigenvalue weighted by Gasteiger charge is -2.31. The SMILES string of the molecule is CC(C)(C)OC(=O)N1CCc2cc(COc3ccc4c(c3)CCN(S(C)(=O)=O)C4)ccc2C1. The van der Waals surface area contributed by atoms with E-state index in [2.05, 4.69) is 12.1 Å². The number of carbonyl (C=O) groups excluding carboxylic acids is 1. The summed E-state index contributed by atoms with van der Waals surface area (Å²) in [5.74, 6) is 0.787. The van der Waals surface area contributed by atoms with Crippen LogP contribution in [0.2, 0.25) is 0 Å². The summed E-state index contributed by atoms with van der Waals surface area (Å²) in [5, 5.41) is 0. The molecule has 4 rings (SSSR count). The van der Waals surface area contributed by atoms with Crippen LogP contribution in [0.3, 0.4) is 0 Å². The van der Waals surface area contributed by atoms with Gasteiger partial charge in [-0.15, -0.1) is 0 Å². The Balaban J connectivity index is 1.37. The van der Waals surface area contributed by atoms with Gasteiger partial charge in [0.25, 0.3) is 0 Å². The molecule has 0 aliphatic carbocycles. The minimum absolute atomic E-state index is 0.271. The van der Waals surface area contributed by atoms with Gasteiger partial charge < -0.3 is 14.4 Å². The summed E-state index contributed by atoms with van der Waals surface area (Å²) >= 11 is 0. The van der Waals surface area contributed by atoms with Gasteiger partial charge >= 0.3 is 6.09 Å². The highest BCUT2D eigenvalue weighted by Gasteiger charge is 2.26. The Labute approximate surface area is 196 Å². The smallest absolute Gasteiger partial charge is 0.410 e. The summed E-state index contributed by atoms with van der Waals surface area (Å²) in [6.45, 7) is 8.20. The zero-order valence-electron chi connectivity index (χ0n) is 19.8. The van der Waals surface area contributed by atoms with Crippen LogP contribution >= 0.6 is 0 Å². The van der Waals surface area contributed by atoms with Gasteiger partial charge in [-0.3, -0.25) is 0 Å². The monoisotopic (exact) mass is 472 g/mol. The van der Waals surface area contributed by atoms with Gasteiger partial charge in [0.1, 0.15) is 18.0 Å². The number of amides is 1. The maximum atomic E-state index is 12.4. The van der Waals surface area contributed by atoms with Crippen molar-refractivity contribution < 1.29 is 22.7 Å². The van der Waals surface area contributed by atoms with Crippen LogP contribution in [0.1, 0.15) is 48.6 Å². The van der Waals surface area contributed by atoms with Crippen molar-refractivity contribution in [3.05, 3.63) is 64.2 Å². The highest BCUT2D eigenvalue weighted by Crippen LogP contribution is 2.27. The lowest BCUT2D eigenvalue weighted by atomic mass is 9.97. The Morgan fingerprint density at radius 2 is 1.61 bits per heavy atom. The number of fused-ring (bicyclic) bond motifs is 2. The topological polar surface area (TPSA) is 76.2 Å². The number of nitrogens with zero attached hydrogens (tertiary/aromatic N) is 2. The van der Waals surface area contributed by atoms with Crippen molar-refractivity contribution in [2.24, 2.45) is 0 Å². The fourth-order valence-corrected chi connectivity index (χ4v) is 5.02. The maximum Gasteiger partial charge on any atom is 0.410 e. The van der Waals surface area contributed by atoms with Crippen LogP contribution in [0.5, 0.6) is 5.75 Å². The Bertz CT molecular complexity index is 1150. The second-order valence-corrected chi connectivity index (χ2v) is 11.8. The molecule has 0 unspecified atom stereocenters. The third kappa shape index (κ3) is 5.86. The van der Waals surface area contributed by atoms with Crippen LogP contribution < -0.4 is 4.74 Å². The van der Waals surface area contributed by atoms with Gasteiger partial charge in [-0.05, 0) is 73.6 Å². The highest BCUT2D eigenvalue weighted by atomic mass is 32.2. The van der Waals surface area contributed by atoms with Gasteiger partial charge in [0, 0.05) is 26.2 Å². The number of rotatable bonds is 4. The second kappa shape index (κ2) is 8.99. The number of ether oxygens (including phenoxy) is 2. The van der Waals surface area contributed by atoms with Crippen molar-refractivity contribution in [1.29, 1.82) is 0 Å². The van der Waals surface area contributed by atoms with Gasteiger partial charge in [-0.1, -0.05) is 24.3 Å². The van der Waals surface area contributed by atoms with Crippen molar-refractivity contribution in [2.45, 2.75) is 58.9 Å². The molecule has 2 aliphatic heterocycles. The van der Waals surface area contributed by atoms with E-state index >= 15 is 0 Å². The van der Waals surface area contributed by atoms with E-state index in [9.17, 15) is 13.2 Å². The first-order chi connectivity index (χ1) is 15.5. The lowest BCUT2D eigenvalue weighted by Crippen LogP contribution is -2.39. The predicted octanol–water partition coefficient (Wildman–Crippen LogP) is 3.88. The van der Waals surface area contributed by atoms with Crippen molar-refractivity contribution in [3.63, 3.8) is 0 Å². The Morgan fingerprint density at radius 3 is 2.33 bits per heavy atom. The maximum absolute atomic E-state index is 12.4. The van der Waals surface area contributed by atoms with E-state index in [1.807, 2.05) is 45.0 Å². The fraction of sp³-hybridized carbons (Fsp3) is 0.480. The zero-order chi connectivity index (χ0) is 23.8. The van der Waals surface area contributed by atoms with Crippen molar-refractivity contribution in [2.75, 3.05) is 19.3 Å². The number of benzene rings is 2. The summed E-state index contributed by atoms with van der Waals surface area (Å²) in [6.07, 6.45) is 2.46. The minimum atomic E-state index is -3.18. The summed E-state index contributed by atoms with van der Waals surface area (Å²) in [4.78, 5) is 14.1. The molecule has 2 heterocycles. The largest absolute Gasteiger partial charge is 0.489 e. The Kier molecular flexibility index (Phi) is 6.42. The third-order valence-electron chi connectivity index (χ3n) is 5.96. The summed E-state index contributed by atoms with van der Waals surface area (Å²) in [6, 6.07) is 12.1. The third-order valence-corrected chi connectivity index (χ3v) is 7.21. The first kappa shape index (κ1) is 23.6. The molecule has 1 amide bonds. The number of carbonyl (C=O) groups is 1. The molecule has 0 fully saturated rings. The van der Waals surface area contributed by atoms with Crippen LogP contribution in [-0.4, -0.2) is 48.7 Å². The van der Waals surface area contributed by atoms with E-state index in [0.29, 0.717) is 39.2 Å². The van der Waals surface area contributed by atoms with Crippen LogP contribution in [-0.2, 0) is 47.3 Å². The van der Waals surface area contributed by atoms with E-state index in [-0.39, 0.29) is 6.09 Å². The van der Waals surface area contributed by atoms with E-state index in [1.165, 1.54) is 16.1 Å². The lowest BCUT2D eigenvalue weighted by molar-refractivity contribution is 0.0224. The van der Waals surface area contributed by atoms with Crippen molar-refractivity contribution >= 4 is 16.1 Å². The number of hydrogen-bond donors (Lipinski definition) is 0. The Morgan fingerprint density at radius 1 is 0.939 bits per heavy atom. The van der Waals surface area contributed by atoms with Gasteiger partial charge in [0.2, 0.25) is 10.0 Å². The molecule has 0 radical (unpaired) electrons. The van der Waals surface area contributed by atoms with Crippen molar-refractivity contribution in [1.82, 2.24) is 9.21 Å². The molecular formula is C25H32N2O5S. The molecule has 0 aromatic heterocycles. The van der Waals surface area contributed by atoms with Crippen LogP contribution in [0.4, 0.5) is 4.79 Å². The first-order valence-electron chi connectivity index (χ1n) is 11.3. The predicted molar refractivity (Wildman–Crippen MR) is 127 cm³/mol.